The van der Waals surface area contributed by atoms with Gasteiger partial charge in [0.2, 0.25) is 5.91 Å². The van der Waals surface area contributed by atoms with Crippen molar-refractivity contribution in [2.45, 2.75) is 31.2 Å². The molecular formula is C15H20N4O3S. The van der Waals surface area contributed by atoms with Gasteiger partial charge in [-0.2, -0.15) is 5.12 Å². The third kappa shape index (κ3) is 2.56. The number of rotatable bonds is 3. The number of hydrogen-bond acceptors (Lipinski definition) is 7. The number of carbonyl (C=O) groups is 1. The highest BCUT2D eigenvalue weighted by Gasteiger charge is 2.42. The molecule has 0 fully saturated rings. The molecule has 0 radical (unpaired) electrons. The number of nitrogens with one attached hydrogen (secondary N) is 1. The molecule has 1 amide bonds. The van der Waals surface area contributed by atoms with Crippen LogP contribution in [0.3, 0.4) is 0 Å². The normalized spacial score (nSPS) is 18.7. The fourth-order valence-corrected chi connectivity index (χ4v) is 3.57. The van der Waals surface area contributed by atoms with E-state index in [0.717, 1.165) is 22.1 Å². The zero-order valence-electron chi connectivity index (χ0n) is 13.8. The first-order valence-corrected chi connectivity index (χ1v) is 8.09. The molecule has 3 rings (SSSR count). The fourth-order valence-electron chi connectivity index (χ4n) is 2.30. The molecule has 0 bridgehead atoms. The van der Waals surface area contributed by atoms with Crippen molar-refractivity contribution in [3.05, 3.63) is 12.1 Å². The number of benzene rings is 1. The van der Waals surface area contributed by atoms with Crippen LogP contribution in [0.15, 0.2) is 22.1 Å². The Morgan fingerprint density at radius 2 is 1.91 bits per heavy atom. The quantitative estimate of drug-likeness (QED) is 0.913. The van der Waals surface area contributed by atoms with Gasteiger partial charge in [0.25, 0.3) is 0 Å². The Hall–Kier alpha value is -2.09. The van der Waals surface area contributed by atoms with Crippen molar-refractivity contribution in [1.29, 1.82) is 0 Å². The van der Waals surface area contributed by atoms with Gasteiger partial charge in [-0.05, 0) is 12.1 Å². The maximum absolute atomic E-state index is 12.2. The molecule has 0 aliphatic carbocycles. The van der Waals surface area contributed by atoms with Crippen LogP contribution in [0.4, 0.5) is 5.69 Å². The predicted octanol–water partition coefficient (Wildman–Crippen LogP) is 2.24. The summed E-state index contributed by atoms with van der Waals surface area (Å²) in [5.41, 5.74) is 3.07. The van der Waals surface area contributed by atoms with E-state index >= 15 is 0 Å². The molecule has 0 aromatic heterocycles. The lowest BCUT2D eigenvalue weighted by Gasteiger charge is -2.27. The molecule has 2 aliphatic heterocycles. The van der Waals surface area contributed by atoms with Crippen LogP contribution in [0, 0.1) is 5.41 Å². The molecule has 0 saturated carbocycles. The summed E-state index contributed by atoms with van der Waals surface area (Å²) in [4.78, 5) is 15.2. The van der Waals surface area contributed by atoms with Crippen LogP contribution in [0.25, 0.3) is 0 Å². The van der Waals surface area contributed by atoms with Crippen molar-refractivity contribution in [3.63, 3.8) is 0 Å². The molecule has 1 unspecified atom stereocenters. The third-order valence-electron chi connectivity index (χ3n) is 3.62. The van der Waals surface area contributed by atoms with E-state index in [4.69, 9.17) is 9.47 Å². The molecule has 7 nitrogen and oxygen atoms in total. The molecule has 124 valence electrons. The van der Waals surface area contributed by atoms with Crippen molar-refractivity contribution in [2.75, 3.05) is 19.1 Å². The minimum absolute atomic E-state index is 0.0908. The average molecular weight is 336 g/mol. The van der Waals surface area contributed by atoms with E-state index < -0.39 is 5.41 Å². The maximum atomic E-state index is 12.2. The molecule has 23 heavy (non-hydrogen) atoms. The molecule has 8 heteroatoms. The molecule has 2 heterocycles. The lowest BCUT2D eigenvalue weighted by atomic mass is 9.96. The summed E-state index contributed by atoms with van der Waals surface area (Å²) in [6.45, 7) is 5.59. The van der Waals surface area contributed by atoms with E-state index in [1.807, 2.05) is 37.8 Å². The first-order chi connectivity index (χ1) is 10.9. The number of hydrogen-bond donors (Lipinski definition) is 1. The van der Waals surface area contributed by atoms with Gasteiger partial charge in [0.15, 0.2) is 5.50 Å². The molecule has 2 aliphatic rings. The van der Waals surface area contributed by atoms with E-state index in [0.29, 0.717) is 0 Å². The minimum atomic E-state index is -0.492. The van der Waals surface area contributed by atoms with Gasteiger partial charge in [0, 0.05) is 5.41 Å². The fraction of sp³-hybridized carbons (Fsp3) is 0.467. The molecule has 1 aromatic rings. The molecule has 0 spiro atoms. The van der Waals surface area contributed by atoms with E-state index in [-0.39, 0.29) is 11.4 Å². The Bertz CT molecular complexity index is 671. The highest BCUT2D eigenvalue weighted by molar-refractivity contribution is 8.00. The summed E-state index contributed by atoms with van der Waals surface area (Å²) < 4.78 is 10.9. The Balaban J connectivity index is 1.89. The number of hydrazone groups is 1. The number of nitrogens with zero attached hydrogens (tertiary/aromatic N) is 3. The summed E-state index contributed by atoms with van der Waals surface area (Å²) in [7, 11) is 3.27. The molecule has 1 aromatic carbocycles. The summed E-state index contributed by atoms with van der Waals surface area (Å²) in [5.74, 6) is 1.42. The van der Waals surface area contributed by atoms with Crippen molar-refractivity contribution >= 4 is 29.7 Å². The van der Waals surface area contributed by atoms with Gasteiger partial charge in [0.1, 0.15) is 23.5 Å². The van der Waals surface area contributed by atoms with Gasteiger partial charge >= 0.3 is 0 Å². The van der Waals surface area contributed by atoms with Crippen LogP contribution in [0.5, 0.6) is 11.5 Å². The van der Waals surface area contributed by atoms with E-state index in [9.17, 15) is 4.79 Å². The summed E-state index contributed by atoms with van der Waals surface area (Å²) >= 11 is 1.56. The van der Waals surface area contributed by atoms with Crippen molar-refractivity contribution < 1.29 is 14.3 Å². The van der Waals surface area contributed by atoms with Crippen molar-refractivity contribution in [3.8, 4) is 11.5 Å². The number of fused-ring (bicyclic) bond motifs is 3. The van der Waals surface area contributed by atoms with Gasteiger partial charge in [-0.15, -0.1) is 5.10 Å². The second-order valence-corrected chi connectivity index (χ2v) is 7.33. The first-order valence-electron chi connectivity index (χ1n) is 7.21. The predicted molar refractivity (Wildman–Crippen MR) is 89.6 cm³/mol. The molecular weight excluding hydrogens is 316 g/mol. The second-order valence-electron chi connectivity index (χ2n) is 6.27. The highest BCUT2D eigenvalue weighted by atomic mass is 32.2. The lowest BCUT2D eigenvalue weighted by molar-refractivity contribution is -0.133. The minimum Gasteiger partial charge on any atom is -0.495 e. The Kier molecular flexibility index (Phi) is 3.79. The Labute approximate surface area is 139 Å². The third-order valence-corrected chi connectivity index (χ3v) is 4.89. The zero-order valence-corrected chi connectivity index (χ0v) is 14.6. The van der Waals surface area contributed by atoms with Crippen LogP contribution >= 0.6 is 11.8 Å². The van der Waals surface area contributed by atoms with Crippen LogP contribution in [0.2, 0.25) is 0 Å². The standard InChI is InChI=1S/C15H20N4O3S/c1-15(2,3)13(20)17-19-14-18(8-16-19)11-9(21-4)6-7-10(22-5)12(11)23-14/h6-8,14H,1-5H3,(H,17,20). The van der Waals surface area contributed by atoms with E-state index in [1.54, 1.807) is 37.4 Å². The highest BCUT2D eigenvalue weighted by Crippen LogP contribution is 2.54. The van der Waals surface area contributed by atoms with Gasteiger partial charge in [-0.1, -0.05) is 32.5 Å². The Morgan fingerprint density at radius 3 is 2.52 bits per heavy atom. The second kappa shape index (κ2) is 5.52. The summed E-state index contributed by atoms with van der Waals surface area (Å²) in [5, 5.41) is 5.86. The molecule has 0 saturated heterocycles. The van der Waals surface area contributed by atoms with Gasteiger partial charge < -0.3 is 9.47 Å². The lowest BCUT2D eigenvalue weighted by Crippen LogP contribution is -2.48. The number of hydrazine groups is 1. The number of ether oxygens (including phenoxy) is 2. The molecule has 1 atom stereocenters. The maximum Gasteiger partial charge on any atom is 0.245 e. The number of amides is 1. The van der Waals surface area contributed by atoms with Crippen LogP contribution in [-0.4, -0.2) is 37.1 Å². The topological polar surface area (TPSA) is 66.4 Å². The van der Waals surface area contributed by atoms with E-state index in [2.05, 4.69) is 10.5 Å². The number of methoxy groups -OCH3 is 2. The zero-order chi connectivity index (χ0) is 16.8. The largest absolute Gasteiger partial charge is 0.495 e. The molecule has 1 N–H and O–H groups in total. The summed E-state index contributed by atoms with van der Waals surface area (Å²) in [6.07, 6.45) is 1.69. The van der Waals surface area contributed by atoms with Crippen LogP contribution in [-0.2, 0) is 4.79 Å². The Morgan fingerprint density at radius 1 is 1.26 bits per heavy atom. The van der Waals surface area contributed by atoms with Crippen LogP contribution in [0.1, 0.15) is 20.8 Å². The number of thioether (sulfide) groups is 1. The van der Waals surface area contributed by atoms with Crippen LogP contribution < -0.4 is 19.8 Å². The monoisotopic (exact) mass is 336 g/mol. The number of anilines is 1. The van der Waals surface area contributed by atoms with Gasteiger partial charge in [0.05, 0.1) is 19.1 Å². The van der Waals surface area contributed by atoms with Gasteiger partial charge in [-0.3, -0.25) is 9.69 Å². The first kappa shape index (κ1) is 15.8. The summed E-state index contributed by atoms with van der Waals surface area (Å²) in [6, 6.07) is 3.74. The smallest absolute Gasteiger partial charge is 0.245 e. The van der Waals surface area contributed by atoms with Crippen molar-refractivity contribution in [2.24, 2.45) is 10.5 Å². The van der Waals surface area contributed by atoms with Crippen molar-refractivity contribution in [1.82, 2.24) is 10.5 Å². The van der Waals surface area contributed by atoms with Gasteiger partial charge in [-0.25, -0.2) is 5.43 Å². The van der Waals surface area contributed by atoms with E-state index in [1.165, 1.54) is 0 Å². The number of carbonyl (C=O) groups excluding carboxylic acids is 1. The average Bonchev–Trinajstić information content (AvgIpc) is 3.05. The SMILES string of the molecule is COc1ccc(OC)c2c1SC1N(NC(=O)C(C)(C)C)N=CN21.